The Morgan fingerprint density at radius 3 is 2.67 bits per heavy atom. The number of aromatic hydroxyl groups is 1. The monoisotopic (exact) mass is 373 g/mol. The number of aryl methyl sites for hydroxylation is 1. The highest BCUT2D eigenvalue weighted by atomic mass is 16.3. The molecule has 0 saturated carbocycles. The van der Waals surface area contributed by atoms with Crippen LogP contribution in [0.1, 0.15) is 29.5 Å². The molecule has 0 atom stereocenters. The van der Waals surface area contributed by atoms with Gasteiger partial charge >= 0.3 is 0 Å². The maximum atomic E-state index is 12.7. The second-order valence-electron chi connectivity index (χ2n) is 6.30. The molecule has 1 aromatic rings. The van der Waals surface area contributed by atoms with Crippen LogP contribution in [-0.4, -0.2) is 81.3 Å². The molecule has 3 heterocycles. The van der Waals surface area contributed by atoms with Crippen molar-refractivity contribution in [1.29, 1.82) is 0 Å². The van der Waals surface area contributed by atoms with Gasteiger partial charge in [-0.1, -0.05) is 6.92 Å². The van der Waals surface area contributed by atoms with Crippen molar-refractivity contribution < 1.29 is 14.7 Å². The molecule has 10 nitrogen and oxygen atoms in total. The van der Waals surface area contributed by atoms with Crippen LogP contribution in [0, 0.1) is 6.92 Å². The number of hydrazone groups is 1. The lowest BCUT2D eigenvalue weighted by atomic mass is 10.1. The van der Waals surface area contributed by atoms with Crippen molar-refractivity contribution in [3.8, 4) is 5.75 Å². The number of carbonyl (C=O) groups excluding carboxylic acids is 2. The van der Waals surface area contributed by atoms with E-state index in [4.69, 9.17) is 0 Å². The third-order valence-electron chi connectivity index (χ3n) is 4.78. The molecular weight excluding hydrogens is 350 g/mol. The highest BCUT2D eigenvalue weighted by molar-refractivity contribution is 5.96. The molecular formula is C17H23N7O3. The van der Waals surface area contributed by atoms with Gasteiger partial charge in [0.05, 0.1) is 5.69 Å². The molecule has 2 aliphatic heterocycles. The summed E-state index contributed by atoms with van der Waals surface area (Å²) in [4.78, 5) is 36.7. The van der Waals surface area contributed by atoms with Gasteiger partial charge in [0.2, 0.25) is 0 Å². The summed E-state index contributed by atoms with van der Waals surface area (Å²) in [6, 6.07) is 0. The number of allylic oxidation sites excluding steroid dienone is 1. The van der Waals surface area contributed by atoms with E-state index in [1.807, 2.05) is 11.8 Å². The standard InChI is InChI=1S/C17H23N7O3/c1-4-12-14(17(27)24(18-3)10-21-12)22-5-7-23(8-6-22)16(26)13-15(25)11(2)19-9-20-13/h9,21,25H,3-8,10H2,1-2H3. The third-order valence-corrected chi connectivity index (χ3v) is 4.78. The highest BCUT2D eigenvalue weighted by Crippen LogP contribution is 2.23. The minimum absolute atomic E-state index is 0.00172. The van der Waals surface area contributed by atoms with Crippen LogP contribution < -0.4 is 5.32 Å². The minimum Gasteiger partial charge on any atom is -0.504 e. The summed E-state index contributed by atoms with van der Waals surface area (Å²) in [5.74, 6) is -0.727. The van der Waals surface area contributed by atoms with E-state index in [0.29, 0.717) is 50.7 Å². The van der Waals surface area contributed by atoms with Crippen molar-refractivity contribution in [2.75, 3.05) is 32.8 Å². The van der Waals surface area contributed by atoms with Crippen molar-refractivity contribution in [1.82, 2.24) is 30.1 Å². The Bertz CT molecular complexity index is 800. The van der Waals surface area contributed by atoms with Gasteiger partial charge in [0.25, 0.3) is 11.8 Å². The Balaban J connectivity index is 1.74. The summed E-state index contributed by atoms with van der Waals surface area (Å²) >= 11 is 0. The first kappa shape index (κ1) is 18.6. The molecule has 0 bridgehead atoms. The van der Waals surface area contributed by atoms with Gasteiger partial charge in [-0.15, -0.1) is 0 Å². The number of amides is 2. The number of hydrogen-bond acceptors (Lipinski definition) is 8. The molecule has 2 N–H and O–H groups in total. The van der Waals surface area contributed by atoms with Crippen molar-refractivity contribution in [3.63, 3.8) is 0 Å². The van der Waals surface area contributed by atoms with E-state index in [1.165, 1.54) is 11.3 Å². The van der Waals surface area contributed by atoms with E-state index < -0.39 is 0 Å². The molecule has 1 saturated heterocycles. The summed E-state index contributed by atoms with van der Waals surface area (Å²) < 4.78 is 0. The van der Waals surface area contributed by atoms with Crippen LogP contribution in [-0.2, 0) is 4.79 Å². The zero-order valence-corrected chi connectivity index (χ0v) is 15.5. The number of hydrogen-bond donors (Lipinski definition) is 2. The normalized spacial score (nSPS) is 17.9. The van der Waals surface area contributed by atoms with Gasteiger partial charge < -0.3 is 20.2 Å². The molecule has 27 heavy (non-hydrogen) atoms. The largest absolute Gasteiger partial charge is 0.504 e. The van der Waals surface area contributed by atoms with Crippen LogP contribution in [0.4, 0.5) is 0 Å². The van der Waals surface area contributed by atoms with Gasteiger partial charge in [-0.25, -0.2) is 15.0 Å². The van der Waals surface area contributed by atoms with Crippen molar-refractivity contribution in [2.24, 2.45) is 5.10 Å². The van der Waals surface area contributed by atoms with Crippen molar-refractivity contribution in [2.45, 2.75) is 20.3 Å². The summed E-state index contributed by atoms with van der Waals surface area (Å²) in [6.07, 6.45) is 1.96. The van der Waals surface area contributed by atoms with Crippen LogP contribution in [0.2, 0.25) is 0 Å². The Hall–Kier alpha value is -3.17. The fraction of sp³-hybridized carbons (Fsp3) is 0.471. The number of rotatable bonds is 4. The van der Waals surface area contributed by atoms with Gasteiger partial charge in [-0.2, -0.15) is 5.10 Å². The van der Waals surface area contributed by atoms with Crippen LogP contribution in [0.25, 0.3) is 0 Å². The van der Waals surface area contributed by atoms with Crippen LogP contribution in [0.5, 0.6) is 5.75 Å². The molecule has 0 unspecified atom stereocenters. The van der Waals surface area contributed by atoms with Gasteiger partial charge in [-0.05, 0) is 13.3 Å². The predicted octanol–water partition coefficient (Wildman–Crippen LogP) is -0.125. The summed E-state index contributed by atoms with van der Waals surface area (Å²) in [7, 11) is 0. The predicted molar refractivity (Wildman–Crippen MR) is 97.6 cm³/mol. The lowest BCUT2D eigenvalue weighted by Crippen LogP contribution is -2.53. The number of nitrogens with zero attached hydrogens (tertiary/aromatic N) is 6. The molecule has 1 aromatic heterocycles. The SMILES string of the molecule is C=NN1CNC(CC)=C(N2CCN(C(=O)c3ncnc(C)c3O)CC2)C1=O. The zero-order valence-electron chi connectivity index (χ0n) is 15.5. The molecule has 0 aliphatic carbocycles. The van der Waals surface area contributed by atoms with E-state index in [2.05, 4.69) is 27.1 Å². The number of aromatic nitrogens is 2. The maximum Gasteiger partial charge on any atom is 0.293 e. The van der Waals surface area contributed by atoms with Gasteiger partial charge in [0.1, 0.15) is 18.7 Å². The van der Waals surface area contributed by atoms with Crippen LogP contribution in [0.15, 0.2) is 22.8 Å². The van der Waals surface area contributed by atoms with Crippen LogP contribution >= 0.6 is 0 Å². The first-order valence-electron chi connectivity index (χ1n) is 8.78. The lowest BCUT2D eigenvalue weighted by molar-refractivity contribution is -0.130. The number of piperazine rings is 1. The van der Waals surface area contributed by atoms with E-state index in [1.54, 1.807) is 11.8 Å². The molecule has 0 radical (unpaired) electrons. The molecule has 3 rings (SSSR count). The minimum atomic E-state index is -0.343. The van der Waals surface area contributed by atoms with E-state index in [9.17, 15) is 14.7 Å². The number of carbonyl (C=O) groups is 2. The van der Waals surface area contributed by atoms with Gasteiger partial charge in [0.15, 0.2) is 11.4 Å². The Kier molecular flexibility index (Phi) is 5.24. The molecule has 2 amide bonds. The summed E-state index contributed by atoms with van der Waals surface area (Å²) in [6.45, 7) is 9.15. The average Bonchev–Trinajstić information content (AvgIpc) is 2.69. The van der Waals surface area contributed by atoms with E-state index in [0.717, 1.165) is 5.70 Å². The smallest absolute Gasteiger partial charge is 0.293 e. The zero-order chi connectivity index (χ0) is 19.6. The lowest BCUT2D eigenvalue weighted by Gasteiger charge is -2.40. The Morgan fingerprint density at radius 2 is 2.04 bits per heavy atom. The maximum absolute atomic E-state index is 12.7. The summed E-state index contributed by atoms with van der Waals surface area (Å²) in [5.41, 5.74) is 1.80. The highest BCUT2D eigenvalue weighted by Gasteiger charge is 2.33. The molecule has 2 aliphatic rings. The van der Waals surface area contributed by atoms with Crippen molar-refractivity contribution in [3.05, 3.63) is 29.1 Å². The molecule has 10 heteroatoms. The Morgan fingerprint density at radius 1 is 1.33 bits per heavy atom. The second kappa shape index (κ2) is 7.60. The van der Waals surface area contributed by atoms with Crippen molar-refractivity contribution >= 4 is 18.5 Å². The second-order valence-corrected chi connectivity index (χ2v) is 6.30. The van der Waals surface area contributed by atoms with E-state index >= 15 is 0 Å². The number of nitrogens with one attached hydrogen (secondary N) is 1. The fourth-order valence-electron chi connectivity index (χ4n) is 3.22. The average molecular weight is 373 g/mol. The van der Waals surface area contributed by atoms with Gasteiger partial charge in [0, 0.05) is 38.6 Å². The fourth-order valence-corrected chi connectivity index (χ4v) is 3.22. The quantitative estimate of drug-likeness (QED) is 0.707. The van der Waals surface area contributed by atoms with Gasteiger partial charge in [-0.3, -0.25) is 9.59 Å². The summed E-state index contributed by atoms with van der Waals surface area (Å²) in [5, 5.41) is 18.3. The first-order valence-corrected chi connectivity index (χ1v) is 8.78. The molecule has 0 aromatic carbocycles. The third kappa shape index (κ3) is 3.42. The molecule has 0 spiro atoms. The topological polar surface area (TPSA) is 114 Å². The first-order chi connectivity index (χ1) is 13.0. The Labute approximate surface area is 157 Å². The molecule has 1 fully saturated rings. The van der Waals surface area contributed by atoms with E-state index in [-0.39, 0.29) is 23.3 Å². The molecule has 144 valence electrons. The van der Waals surface area contributed by atoms with Crippen LogP contribution in [0.3, 0.4) is 0 Å².